The molecule has 78 valence electrons. The average Bonchev–Trinajstić information content (AvgIpc) is 2.16. The van der Waals surface area contributed by atoms with Crippen LogP contribution in [0.4, 0.5) is 0 Å². The van der Waals surface area contributed by atoms with Gasteiger partial charge in [-0.15, -0.1) is 0 Å². The number of ether oxygens (including phenoxy) is 1. The first-order chi connectivity index (χ1) is 7.16. The Morgan fingerprint density at radius 2 is 2.33 bits per heavy atom. The molecule has 1 aliphatic heterocycles. The lowest BCUT2D eigenvalue weighted by Gasteiger charge is -2.18. The summed E-state index contributed by atoms with van der Waals surface area (Å²) >= 11 is 0. The number of carbonyl (C=O) groups excluding carboxylic acids is 1. The molecule has 0 amide bonds. The number of aromatic hydroxyl groups is 1. The van der Waals surface area contributed by atoms with Gasteiger partial charge in [0.05, 0.1) is 0 Å². The third kappa shape index (κ3) is 2.01. The van der Waals surface area contributed by atoms with Crippen LogP contribution in [0.15, 0.2) is 24.3 Å². The van der Waals surface area contributed by atoms with Gasteiger partial charge >= 0.3 is 0 Å². The van der Waals surface area contributed by atoms with Crippen LogP contribution in [-0.2, 0) is 4.79 Å². The number of hydrogen-bond acceptors (Lipinski definition) is 3. The molecule has 0 spiro atoms. The van der Waals surface area contributed by atoms with Gasteiger partial charge < -0.3 is 9.84 Å². The fourth-order valence-corrected chi connectivity index (χ4v) is 1.67. The molecule has 1 aromatic rings. The molecule has 0 unspecified atom stereocenters. The van der Waals surface area contributed by atoms with Gasteiger partial charge in [-0.25, -0.2) is 0 Å². The van der Waals surface area contributed by atoms with Gasteiger partial charge in [-0.3, -0.25) is 4.79 Å². The van der Waals surface area contributed by atoms with E-state index in [1.165, 1.54) is 0 Å². The van der Waals surface area contributed by atoms with Gasteiger partial charge in [-0.2, -0.15) is 0 Å². The quantitative estimate of drug-likeness (QED) is 0.802. The fraction of sp³-hybridized carbons (Fsp3) is 0.250. The molecule has 0 saturated carbocycles. The number of rotatable bonds is 2. The van der Waals surface area contributed by atoms with Crippen molar-refractivity contribution >= 4 is 11.4 Å². The van der Waals surface area contributed by atoms with E-state index in [4.69, 9.17) is 4.74 Å². The fourth-order valence-electron chi connectivity index (χ4n) is 1.67. The zero-order valence-corrected chi connectivity index (χ0v) is 8.49. The first-order valence-corrected chi connectivity index (χ1v) is 4.81. The Hall–Kier alpha value is -1.77. The first-order valence-electron chi connectivity index (χ1n) is 4.81. The van der Waals surface area contributed by atoms with Crippen LogP contribution >= 0.6 is 0 Å². The maximum Gasteiger partial charge on any atom is 0.134 e. The zero-order valence-electron chi connectivity index (χ0n) is 8.49. The largest absolute Gasteiger partial charge is 0.508 e. The Morgan fingerprint density at radius 1 is 1.53 bits per heavy atom. The summed E-state index contributed by atoms with van der Waals surface area (Å²) in [4.78, 5) is 11.1. The molecule has 15 heavy (non-hydrogen) atoms. The van der Waals surface area contributed by atoms with Crippen molar-refractivity contribution in [2.75, 3.05) is 6.61 Å². The number of Topliss-reactive ketones (excluding diaryl/α,β-unsaturated/α-hetero) is 1. The van der Waals surface area contributed by atoms with Gasteiger partial charge in [-0.1, -0.05) is 0 Å². The Balaban J connectivity index is 2.38. The topological polar surface area (TPSA) is 46.5 Å². The molecule has 0 bridgehead atoms. The standard InChI is InChI=1S/C12H12O3/c1-8(13)6-9-4-5-15-12-7-10(14)2-3-11(9)12/h2-4,7,14H,5-6H2,1H3. The summed E-state index contributed by atoms with van der Waals surface area (Å²) < 4.78 is 5.37. The van der Waals surface area contributed by atoms with Crippen LogP contribution in [0.3, 0.4) is 0 Å². The second-order valence-electron chi connectivity index (χ2n) is 3.60. The number of phenolic OH excluding ortho intramolecular Hbond substituents is 1. The van der Waals surface area contributed by atoms with E-state index < -0.39 is 0 Å². The van der Waals surface area contributed by atoms with E-state index in [0.717, 1.165) is 11.1 Å². The van der Waals surface area contributed by atoms with E-state index in [1.54, 1.807) is 25.1 Å². The Kier molecular flexibility index (Phi) is 2.46. The predicted molar refractivity (Wildman–Crippen MR) is 56.9 cm³/mol. The minimum absolute atomic E-state index is 0.127. The summed E-state index contributed by atoms with van der Waals surface area (Å²) in [5.74, 6) is 0.953. The first kappa shape index (κ1) is 9.77. The number of phenols is 1. The van der Waals surface area contributed by atoms with E-state index in [1.807, 2.05) is 6.08 Å². The molecule has 1 aromatic carbocycles. The van der Waals surface area contributed by atoms with Crippen LogP contribution in [0.25, 0.3) is 5.57 Å². The lowest BCUT2D eigenvalue weighted by molar-refractivity contribution is -0.116. The van der Waals surface area contributed by atoms with Gasteiger partial charge in [0.1, 0.15) is 23.9 Å². The number of fused-ring (bicyclic) bond motifs is 1. The minimum Gasteiger partial charge on any atom is -0.508 e. The molecule has 2 rings (SSSR count). The van der Waals surface area contributed by atoms with Crippen LogP contribution in [0.5, 0.6) is 11.5 Å². The number of allylic oxidation sites excluding steroid dienone is 1. The predicted octanol–water partition coefficient (Wildman–Crippen LogP) is 2.15. The van der Waals surface area contributed by atoms with Crippen LogP contribution in [0.2, 0.25) is 0 Å². The van der Waals surface area contributed by atoms with Crippen LogP contribution in [0, 0.1) is 0 Å². The molecule has 0 aromatic heterocycles. The minimum atomic E-state index is 0.127. The van der Waals surface area contributed by atoms with Gasteiger partial charge in [0.15, 0.2) is 0 Å². The van der Waals surface area contributed by atoms with Gasteiger partial charge in [-0.05, 0) is 30.7 Å². The summed E-state index contributed by atoms with van der Waals surface area (Å²) in [6.07, 6.45) is 2.32. The zero-order chi connectivity index (χ0) is 10.8. The van der Waals surface area contributed by atoms with Crippen LogP contribution in [0.1, 0.15) is 18.9 Å². The van der Waals surface area contributed by atoms with Gasteiger partial charge in [0, 0.05) is 18.1 Å². The van der Waals surface area contributed by atoms with E-state index in [0.29, 0.717) is 18.8 Å². The van der Waals surface area contributed by atoms with E-state index in [-0.39, 0.29) is 11.5 Å². The second-order valence-corrected chi connectivity index (χ2v) is 3.60. The maximum absolute atomic E-state index is 11.1. The van der Waals surface area contributed by atoms with Crippen molar-refractivity contribution in [1.82, 2.24) is 0 Å². The summed E-state index contributed by atoms with van der Waals surface area (Å²) in [6.45, 7) is 2.02. The maximum atomic E-state index is 11.1. The molecule has 0 radical (unpaired) electrons. The van der Waals surface area contributed by atoms with Gasteiger partial charge in [0.25, 0.3) is 0 Å². The van der Waals surface area contributed by atoms with Crippen LogP contribution < -0.4 is 4.74 Å². The van der Waals surface area contributed by atoms with Gasteiger partial charge in [0.2, 0.25) is 0 Å². The summed E-state index contributed by atoms with van der Waals surface area (Å²) in [5, 5.41) is 9.29. The van der Waals surface area contributed by atoms with E-state index >= 15 is 0 Å². The smallest absolute Gasteiger partial charge is 0.134 e. The molecule has 0 aliphatic carbocycles. The highest BCUT2D eigenvalue weighted by molar-refractivity contribution is 5.90. The Morgan fingerprint density at radius 3 is 3.07 bits per heavy atom. The highest BCUT2D eigenvalue weighted by Gasteiger charge is 2.15. The molecule has 1 aliphatic rings. The number of benzene rings is 1. The summed E-state index contributed by atoms with van der Waals surface area (Å²) in [6, 6.07) is 4.95. The Labute approximate surface area is 88.0 Å². The SMILES string of the molecule is CC(=O)CC1=CCOc2cc(O)ccc21. The molecule has 0 atom stereocenters. The number of carbonyl (C=O) groups is 1. The van der Waals surface area contributed by atoms with Crippen molar-refractivity contribution < 1.29 is 14.6 Å². The van der Waals surface area contributed by atoms with Crippen molar-refractivity contribution in [3.8, 4) is 11.5 Å². The second kappa shape index (κ2) is 3.77. The monoisotopic (exact) mass is 204 g/mol. The number of hydrogen-bond donors (Lipinski definition) is 1. The highest BCUT2D eigenvalue weighted by atomic mass is 16.5. The third-order valence-corrected chi connectivity index (χ3v) is 2.32. The molecule has 3 heteroatoms. The molecular formula is C12H12O3. The number of ketones is 1. The normalized spacial score (nSPS) is 13.8. The molecule has 1 N–H and O–H groups in total. The van der Waals surface area contributed by atoms with Crippen molar-refractivity contribution in [3.63, 3.8) is 0 Å². The average molecular weight is 204 g/mol. The lowest BCUT2D eigenvalue weighted by atomic mass is 9.98. The molecule has 0 fully saturated rings. The highest BCUT2D eigenvalue weighted by Crippen LogP contribution is 2.34. The van der Waals surface area contributed by atoms with Crippen LogP contribution in [-0.4, -0.2) is 17.5 Å². The van der Waals surface area contributed by atoms with Crippen molar-refractivity contribution in [3.05, 3.63) is 29.8 Å². The molecule has 3 nitrogen and oxygen atoms in total. The van der Waals surface area contributed by atoms with Crippen molar-refractivity contribution in [2.45, 2.75) is 13.3 Å². The van der Waals surface area contributed by atoms with E-state index in [2.05, 4.69) is 0 Å². The van der Waals surface area contributed by atoms with Crippen molar-refractivity contribution in [2.24, 2.45) is 0 Å². The Bertz CT molecular complexity index is 432. The molecule has 1 heterocycles. The summed E-state index contributed by atoms with van der Waals surface area (Å²) in [7, 11) is 0. The molecular weight excluding hydrogens is 192 g/mol. The van der Waals surface area contributed by atoms with Crippen molar-refractivity contribution in [1.29, 1.82) is 0 Å². The third-order valence-electron chi connectivity index (χ3n) is 2.32. The molecule has 0 saturated heterocycles. The van der Waals surface area contributed by atoms with E-state index in [9.17, 15) is 9.90 Å². The summed E-state index contributed by atoms with van der Waals surface area (Å²) in [5.41, 5.74) is 1.87. The lowest BCUT2D eigenvalue weighted by Crippen LogP contribution is -2.06.